The number of likely N-dealkylation sites (N-methyl/N-ethyl adjacent to an activating group) is 1. The van der Waals surface area contributed by atoms with Crippen molar-refractivity contribution in [2.45, 2.75) is 40.2 Å². The predicted molar refractivity (Wildman–Crippen MR) is 102 cm³/mol. The summed E-state index contributed by atoms with van der Waals surface area (Å²) in [6.45, 7) is 11.7. The van der Waals surface area contributed by atoms with Crippen LogP contribution in [-0.4, -0.2) is 30.7 Å². The van der Waals surface area contributed by atoms with Crippen LogP contribution in [0.2, 0.25) is 0 Å². The maximum absolute atomic E-state index is 4.67. The van der Waals surface area contributed by atoms with Crippen LogP contribution >= 0.6 is 11.3 Å². The van der Waals surface area contributed by atoms with E-state index in [1.165, 1.54) is 5.69 Å². The topological polar surface area (TPSA) is 40.2 Å². The van der Waals surface area contributed by atoms with Gasteiger partial charge in [0.1, 0.15) is 0 Å². The number of nitrogens with zero attached hydrogens (tertiary/aromatic N) is 2. The van der Waals surface area contributed by atoms with E-state index in [1.54, 1.807) is 11.3 Å². The SMILES string of the molecule is CCNC(C)Cc1csc(Nc2ccc(N(CC)CC)cc2)n1. The smallest absolute Gasteiger partial charge is 0.187 e. The molecule has 0 radical (unpaired) electrons. The Hall–Kier alpha value is -1.59. The van der Waals surface area contributed by atoms with E-state index in [9.17, 15) is 0 Å². The highest BCUT2D eigenvalue weighted by atomic mass is 32.1. The van der Waals surface area contributed by atoms with Crippen LogP contribution in [0, 0.1) is 0 Å². The van der Waals surface area contributed by atoms with E-state index in [1.807, 2.05) is 0 Å². The first-order chi connectivity index (χ1) is 11.2. The minimum Gasteiger partial charge on any atom is -0.372 e. The Bertz CT molecular complexity index is 575. The number of rotatable bonds is 9. The fourth-order valence-electron chi connectivity index (χ4n) is 2.66. The van der Waals surface area contributed by atoms with Crippen LogP contribution in [0.4, 0.5) is 16.5 Å². The van der Waals surface area contributed by atoms with Gasteiger partial charge >= 0.3 is 0 Å². The van der Waals surface area contributed by atoms with Gasteiger partial charge in [0.2, 0.25) is 0 Å². The van der Waals surface area contributed by atoms with E-state index in [2.05, 4.69) is 77.9 Å². The monoisotopic (exact) mass is 332 g/mol. The first-order valence-electron chi connectivity index (χ1n) is 8.46. The largest absolute Gasteiger partial charge is 0.372 e. The van der Waals surface area contributed by atoms with Gasteiger partial charge in [-0.05, 0) is 51.6 Å². The molecule has 2 rings (SSSR count). The Morgan fingerprint density at radius 1 is 1.13 bits per heavy atom. The average molecular weight is 333 g/mol. The molecule has 1 aromatic heterocycles. The Morgan fingerprint density at radius 3 is 2.43 bits per heavy atom. The molecule has 4 nitrogen and oxygen atoms in total. The summed E-state index contributed by atoms with van der Waals surface area (Å²) in [5.74, 6) is 0. The van der Waals surface area contributed by atoms with Crippen LogP contribution in [0.15, 0.2) is 29.6 Å². The second kappa shape index (κ2) is 8.89. The zero-order valence-corrected chi connectivity index (χ0v) is 15.4. The molecule has 23 heavy (non-hydrogen) atoms. The summed E-state index contributed by atoms with van der Waals surface area (Å²) in [5.41, 5.74) is 3.49. The number of thiazole rings is 1. The Morgan fingerprint density at radius 2 is 1.83 bits per heavy atom. The highest BCUT2D eigenvalue weighted by Crippen LogP contribution is 2.24. The van der Waals surface area contributed by atoms with Gasteiger partial charge in [0.05, 0.1) is 5.69 Å². The minimum absolute atomic E-state index is 0.461. The van der Waals surface area contributed by atoms with Crippen molar-refractivity contribution in [3.05, 3.63) is 35.3 Å². The van der Waals surface area contributed by atoms with Gasteiger partial charge in [-0.1, -0.05) is 6.92 Å². The summed E-state index contributed by atoms with van der Waals surface area (Å²) in [6.07, 6.45) is 0.965. The summed E-state index contributed by atoms with van der Waals surface area (Å²) in [5, 5.41) is 9.92. The third kappa shape index (κ3) is 5.22. The van der Waals surface area contributed by atoms with Crippen molar-refractivity contribution in [3.8, 4) is 0 Å². The lowest BCUT2D eigenvalue weighted by Gasteiger charge is -2.21. The van der Waals surface area contributed by atoms with Crippen molar-refractivity contribution in [2.24, 2.45) is 0 Å². The summed E-state index contributed by atoms with van der Waals surface area (Å²) in [4.78, 5) is 7.02. The number of aromatic nitrogens is 1. The molecule has 0 amide bonds. The molecule has 2 N–H and O–H groups in total. The van der Waals surface area contributed by atoms with Crippen LogP contribution in [-0.2, 0) is 6.42 Å². The standard InChI is InChI=1S/C18H28N4S/c1-5-19-14(4)12-16-13-23-18(21-16)20-15-8-10-17(11-9-15)22(6-2)7-3/h8-11,13-14,19H,5-7,12H2,1-4H3,(H,20,21). The molecule has 0 saturated carbocycles. The number of anilines is 3. The summed E-state index contributed by atoms with van der Waals surface area (Å²) >= 11 is 1.66. The maximum Gasteiger partial charge on any atom is 0.187 e. The molecule has 0 aliphatic carbocycles. The molecule has 1 aromatic carbocycles. The molecule has 0 fully saturated rings. The lowest BCUT2D eigenvalue weighted by atomic mass is 10.2. The van der Waals surface area contributed by atoms with Crippen molar-refractivity contribution in [1.82, 2.24) is 10.3 Å². The van der Waals surface area contributed by atoms with E-state index < -0.39 is 0 Å². The lowest BCUT2D eigenvalue weighted by Crippen LogP contribution is -2.27. The average Bonchev–Trinajstić information content (AvgIpc) is 2.97. The van der Waals surface area contributed by atoms with E-state index in [0.717, 1.165) is 42.6 Å². The summed E-state index contributed by atoms with van der Waals surface area (Å²) < 4.78 is 0. The Balaban J connectivity index is 1.96. The lowest BCUT2D eigenvalue weighted by molar-refractivity contribution is 0.561. The minimum atomic E-state index is 0.461. The molecular formula is C18H28N4S. The number of nitrogens with one attached hydrogen (secondary N) is 2. The van der Waals surface area contributed by atoms with E-state index in [-0.39, 0.29) is 0 Å². The van der Waals surface area contributed by atoms with Gasteiger partial charge in [-0.15, -0.1) is 11.3 Å². The molecule has 2 aromatic rings. The Kier molecular flexibility index (Phi) is 6.86. The molecule has 0 bridgehead atoms. The van der Waals surface area contributed by atoms with Crippen molar-refractivity contribution in [2.75, 3.05) is 29.9 Å². The zero-order valence-electron chi connectivity index (χ0n) is 14.6. The van der Waals surface area contributed by atoms with Crippen LogP contribution in [0.5, 0.6) is 0 Å². The van der Waals surface area contributed by atoms with Crippen molar-refractivity contribution in [3.63, 3.8) is 0 Å². The van der Waals surface area contributed by atoms with E-state index in [0.29, 0.717) is 6.04 Å². The molecule has 1 unspecified atom stereocenters. The quantitative estimate of drug-likeness (QED) is 0.719. The highest BCUT2D eigenvalue weighted by molar-refractivity contribution is 7.13. The fourth-order valence-corrected chi connectivity index (χ4v) is 3.40. The number of hydrogen-bond acceptors (Lipinski definition) is 5. The van der Waals surface area contributed by atoms with Gasteiger partial charge in [-0.2, -0.15) is 0 Å². The fraction of sp³-hybridized carbons (Fsp3) is 0.500. The van der Waals surface area contributed by atoms with Crippen molar-refractivity contribution < 1.29 is 0 Å². The number of hydrogen-bond donors (Lipinski definition) is 2. The van der Waals surface area contributed by atoms with Crippen LogP contribution in [0.1, 0.15) is 33.4 Å². The molecular weight excluding hydrogens is 304 g/mol. The predicted octanol–water partition coefficient (Wildman–Crippen LogP) is 4.27. The number of benzene rings is 1. The third-order valence-electron chi connectivity index (χ3n) is 3.87. The van der Waals surface area contributed by atoms with Crippen LogP contribution < -0.4 is 15.5 Å². The van der Waals surface area contributed by atoms with Gasteiger partial charge in [-0.25, -0.2) is 4.98 Å². The van der Waals surface area contributed by atoms with Gasteiger partial charge < -0.3 is 15.5 Å². The first-order valence-corrected chi connectivity index (χ1v) is 9.34. The normalized spacial score (nSPS) is 12.2. The zero-order chi connectivity index (χ0) is 16.7. The molecule has 1 heterocycles. The second-order valence-electron chi connectivity index (χ2n) is 5.65. The van der Waals surface area contributed by atoms with E-state index >= 15 is 0 Å². The molecule has 1 atom stereocenters. The Labute approximate surface area is 143 Å². The van der Waals surface area contributed by atoms with Crippen LogP contribution in [0.3, 0.4) is 0 Å². The summed E-state index contributed by atoms with van der Waals surface area (Å²) in [7, 11) is 0. The molecule has 0 spiro atoms. The molecule has 0 saturated heterocycles. The van der Waals surface area contributed by atoms with Gasteiger partial charge in [-0.3, -0.25) is 0 Å². The second-order valence-corrected chi connectivity index (χ2v) is 6.51. The third-order valence-corrected chi connectivity index (χ3v) is 4.67. The van der Waals surface area contributed by atoms with Crippen LogP contribution in [0.25, 0.3) is 0 Å². The van der Waals surface area contributed by atoms with E-state index in [4.69, 9.17) is 0 Å². The molecule has 0 aliphatic heterocycles. The summed E-state index contributed by atoms with van der Waals surface area (Å²) in [6, 6.07) is 9.03. The molecule has 5 heteroatoms. The first kappa shape index (κ1) is 17.8. The molecule has 0 aliphatic rings. The highest BCUT2D eigenvalue weighted by Gasteiger charge is 2.07. The van der Waals surface area contributed by atoms with Crippen molar-refractivity contribution >= 4 is 27.8 Å². The van der Waals surface area contributed by atoms with Gasteiger partial charge in [0, 0.05) is 42.3 Å². The van der Waals surface area contributed by atoms with Crippen molar-refractivity contribution in [1.29, 1.82) is 0 Å². The molecule has 126 valence electrons. The van der Waals surface area contributed by atoms with Gasteiger partial charge in [0.25, 0.3) is 0 Å². The van der Waals surface area contributed by atoms with Gasteiger partial charge in [0.15, 0.2) is 5.13 Å². The maximum atomic E-state index is 4.67.